The number of ketones is 1. The topological polar surface area (TPSA) is 30.0 Å². The van der Waals surface area contributed by atoms with E-state index in [4.69, 9.17) is 0 Å². The predicted octanol–water partition coefficient (Wildman–Crippen LogP) is 2.87. The number of carbonyl (C=O) groups is 1. The minimum Gasteiger partial charge on any atom is -0.299 e. The van der Waals surface area contributed by atoms with E-state index in [2.05, 4.69) is 11.1 Å². The third-order valence-corrected chi connectivity index (χ3v) is 4.08. The maximum atomic E-state index is 11.9. The van der Waals surface area contributed by atoms with E-state index in [0.29, 0.717) is 11.7 Å². The van der Waals surface area contributed by atoms with Gasteiger partial charge in [-0.05, 0) is 43.7 Å². The lowest BCUT2D eigenvalue weighted by Crippen LogP contribution is -2.22. The number of rotatable bonds is 1. The van der Waals surface area contributed by atoms with Crippen molar-refractivity contribution >= 4 is 5.78 Å². The van der Waals surface area contributed by atoms with Gasteiger partial charge in [0, 0.05) is 30.1 Å². The minimum absolute atomic E-state index is 0.272. The van der Waals surface area contributed by atoms with Crippen LogP contribution in [0.25, 0.3) is 0 Å². The van der Waals surface area contributed by atoms with Crippen LogP contribution in [-0.2, 0) is 11.2 Å². The third-order valence-electron chi connectivity index (χ3n) is 4.08. The van der Waals surface area contributed by atoms with Crippen LogP contribution in [0.3, 0.4) is 0 Å². The molecule has 1 saturated carbocycles. The Morgan fingerprint density at radius 3 is 2.75 bits per heavy atom. The number of carbonyl (C=O) groups excluding carboxylic acids is 1. The molecule has 0 aromatic carbocycles. The summed E-state index contributed by atoms with van der Waals surface area (Å²) in [6, 6.07) is 4.19. The van der Waals surface area contributed by atoms with Crippen LogP contribution in [0.1, 0.15) is 49.3 Å². The molecule has 1 aromatic heterocycles. The molecule has 0 aliphatic heterocycles. The SMILES string of the molecule is O=C1CCCC1C1CCCc2cccnc21. The summed E-state index contributed by atoms with van der Waals surface area (Å²) in [5, 5.41) is 0. The fourth-order valence-corrected chi connectivity index (χ4v) is 3.31. The average molecular weight is 215 g/mol. The Morgan fingerprint density at radius 2 is 1.94 bits per heavy atom. The summed E-state index contributed by atoms with van der Waals surface area (Å²) < 4.78 is 0. The largest absolute Gasteiger partial charge is 0.299 e. The first kappa shape index (κ1) is 10.0. The molecule has 84 valence electrons. The van der Waals surface area contributed by atoms with Crippen molar-refractivity contribution in [3.05, 3.63) is 29.6 Å². The maximum Gasteiger partial charge on any atom is 0.136 e. The summed E-state index contributed by atoms with van der Waals surface area (Å²) in [7, 11) is 0. The molecule has 2 aliphatic carbocycles. The van der Waals surface area contributed by atoms with Gasteiger partial charge in [-0.3, -0.25) is 9.78 Å². The van der Waals surface area contributed by atoms with E-state index in [1.54, 1.807) is 0 Å². The van der Waals surface area contributed by atoms with Gasteiger partial charge in [-0.25, -0.2) is 0 Å². The molecule has 2 nitrogen and oxygen atoms in total. The predicted molar refractivity (Wildman–Crippen MR) is 62.3 cm³/mol. The van der Waals surface area contributed by atoms with Crippen molar-refractivity contribution in [3.63, 3.8) is 0 Å². The van der Waals surface area contributed by atoms with E-state index in [1.807, 2.05) is 12.3 Å². The second kappa shape index (κ2) is 4.00. The van der Waals surface area contributed by atoms with E-state index in [0.717, 1.165) is 32.1 Å². The first-order chi connectivity index (χ1) is 7.86. The number of hydrogen-bond acceptors (Lipinski definition) is 2. The molecule has 1 fully saturated rings. The maximum absolute atomic E-state index is 11.9. The van der Waals surface area contributed by atoms with Gasteiger partial charge in [0.25, 0.3) is 0 Å². The smallest absolute Gasteiger partial charge is 0.136 e. The molecule has 0 N–H and O–H groups in total. The fourth-order valence-electron chi connectivity index (χ4n) is 3.31. The highest BCUT2D eigenvalue weighted by Crippen LogP contribution is 2.41. The number of fused-ring (bicyclic) bond motifs is 1. The van der Waals surface area contributed by atoms with Gasteiger partial charge >= 0.3 is 0 Å². The molecule has 2 heteroatoms. The number of aromatic nitrogens is 1. The van der Waals surface area contributed by atoms with E-state index < -0.39 is 0 Å². The van der Waals surface area contributed by atoms with Crippen LogP contribution in [0.15, 0.2) is 18.3 Å². The number of nitrogens with zero attached hydrogens (tertiary/aromatic N) is 1. The highest BCUT2D eigenvalue weighted by molar-refractivity contribution is 5.83. The van der Waals surface area contributed by atoms with Crippen LogP contribution in [0.4, 0.5) is 0 Å². The quantitative estimate of drug-likeness (QED) is 0.721. The van der Waals surface area contributed by atoms with Crippen LogP contribution in [-0.4, -0.2) is 10.8 Å². The van der Waals surface area contributed by atoms with Gasteiger partial charge in [-0.15, -0.1) is 0 Å². The summed E-state index contributed by atoms with van der Waals surface area (Å²) in [4.78, 5) is 16.4. The van der Waals surface area contributed by atoms with Crippen molar-refractivity contribution < 1.29 is 4.79 Å². The summed E-state index contributed by atoms with van der Waals surface area (Å²) in [5.41, 5.74) is 2.59. The zero-order valence-electron chi connectivity index (χ0n) is 9.48. The van der Waals surface area contributed by atoms with Gasteiger partial charge < -0.3 is 0 Å². The van der Waals surface area contributed by atoms with E-state index in [-0.39, 0.29) is 5.92 Å². The van der Waals surface area contributed by atoms with Crippen LogP contribution in [0.2, 0.25) is 0 Å². The van der Waals surface area contributed by atoms with E-state index in [9.17, 15) is 4.79 Å². The van der Waals surface area contributed by atoms with Crippen LogP contribution in [0.5, 0.6) is 0 Å². The minimum atomic E-state index is 0.272. The molecule has 0 bridgehead atoms. The van der Waals surface area contributed by atoms with E-state index >= 15 is 0 Å². The molecule has 0 amide bonds. The van der Waals surface area contributed by atoms with Gasteiger partial charge in [-0.1, -0.05) is 6.07 Å². The highest BCUT2D eigenvalue weighted by atomic mass is 16.1. The molecule has 16 heavy (non-hydrogen) atoms. The van der Waals surface area contributed by atoms with Crippen molar-refractivity contribution in [2.45, 2.75) is 44.4 Å². The van der Waals surface area contributed by atoms with Gasteiger partial charge in [0.1, 0.15) is 5.78 Å². The van der Waals surface area contributed by atoms with Crippen molar-refractivity contribution in [2.75, 3.05) is 0 Å². The van der Waals surface area contributed by atoms with Crippen LogP contribution < -0.4 is 0 Å². The van der Waals surface area contributed by atoms with Crippen LogP contribution >= 0.6 is 0 Å². The third kappa shape index (κ3) is 1.57. The Bertz CT molecular complexity index is 413. The highest BCUT2D eigenvalue weighted by Gasteiger charge is 2.35. The van der Waals surface area contributed by atoms with Gasteiger partial charge in [-0.2, -0.15) is 0 Å². The van der Waals surface area contributed by atoms with Crippen molar-refractivity contribution in [1.29, 1.82) is 0 Å². The molecule has 1 aromatic rings. The zero-order valence-corrected chi connectivity index (χ0v) is 9.48. The lowest BCUT2D eigenvalue weighted by molar-refractivity contribution is -0.121. The number of pyridine rings is 1. The van der Waals surface area contributed by atoms with E-state index in [1.165, 1.54) is 17.7 Å². The standard InChI is InChI=1S/C14H17NO/c16-13-8-2-6-11(13)12-7-1-4-10-5-3-9-15-14(10)12/h3,5,9,11-12H,1-2,4,6-8H2. The van der Waals surface area contributed by atoms with Crippen molar-refractivity contribution in [3.8, 4) is 0 Å². The number of hydrogen-bond donors (Lipinski definition) is 0. The molecule has 2 unspecified atom stereocenters. The molecule has 2 atom stereocenters. The molecule has 3 rings (SSSR count). The van der Waals surface area contributed by atoms with Crippen molar-refractivity contribution in [2.24, 2.45) is 5.92 Å². The summed E-state index contributed by atoms with van der Waals surface area (Å²) in [6.45, 7) is 0. The number of Topliss-reactive ketones (excluding diaryl/α,β-unsaturated/α-hetero) is 1. The summed E-state index contributed by atoms with van der Waals surface area (Å²) in [5.74, 6) is 1.16. The lowest BCUT2D eigenvalue weighted by Gasteiger charge is -2.28. The summed E-state index contributed by atoms with van der Waals surface area (Å²) >= 11 is 0. The van der Waals surface area contributed by atoms with Crippen molar-refractivity contribution in [1.82, 2.24) is 4.98 Å². The fraction of sp³-hybridized carbons (Fsp3) is 0.571. The van der Waals surface area contributed by atoms with Gasteiger partial charge in [0.15, 0.2) is 0 Å². The number of aryl methyl sites for hydroxylation is 1. The second-order valence-corrected chi connectivity index (χ2v) is 5.01. The summed E-state index contributed by atoms with van der Waals surface area (Å²) in [6.07, 6.45) is 8.34. The van der Waals surface area contributed by atoms with Gasteiger partial charge in [0.2, 0.25) is 0 Å². The van der Waals surface area contributed by atoms with Crippen LogP contribution in [0, 0.1) is 5.92 Å². The Balaban J connectivity index is 1.95. The molecule has 1 heterocycles. The first-order valence-electron chi connectivity index (χ1n) is 6.33. The molecule has 2 aliphatic rings. The Hall–Kier alpha value is -1.18. The molecular weight excluding hydrogens is 198 g/mol. The lowest BCUT2D eigenvalue weighted by atomic mass is 9.77. The average Bonchev–Trinajstić information content (AvgIpc) is 2.75. The molecule has 0 saturated heterocycles. The molecule has 0 radical (unpaired) electrons. The Labute approximate surface area is 96.1 Å². The monoisotopic (exact) mass is 215 g/mol. The Kier molecular flexibility index (Phi) is 2.50. The first-order valence-corrected chi connectivity index (χ1v) is 6.33. The normalized spacial score (nSPS) is 29.1. The second-order valence-electron chi connectivity index (χ2n) is 5.01. The molecule has 0 spiro atoms. The zero-order chi connectivity index (χ0) is 11.0. The van der Waals surface area contributed by atoms with Gasteiger partial charge in [0.05, 0.1) is 0 Å². The molecular formula is C14H17NO. The Morgan fingerprint density at radius 1 is 1.12 bits per heavy atom.